The molecule has 0 atom stereocenters. The van der Waals surface area contributed by atoms with Crippen molar-refractivity contribution >= 4 is 11.6 Å². The molecule has 0 amide bonds. The summed E-state index contributed by atoms with van der Waals surface area (Å²) in [5, 5.41) is 5.16. The lowest BCUT2D eigenvalue weighted by atomic mass is 9.95. The number of halogens is 1. The third-order valence-electron chi connectivity index (χ3n) is 4.18. The molecule has 0 radical (unpaired) electrons. The van der Waals surface area contributed by atoms with Crippen molar-refractivity contribution in [3.63, 3.8) is 0 Å². The van der Waals surface area contributed by atoms with Crippen LogP contribution in [0.1, 0.15) is 17.2 Å². The van der Waals surface area contributed by atoms with Crippen LogP contribution < -0.4 is 0 Å². The highest BCUT2D eigenvalue weighted by Crippen LogP contribution is 2.26. The molecule has 116 valence electrons. The minimum Gasteiger partial charge on any atom is -0.298 e. The predicted molar refractivity (Wildman–Crippen MR) is 90.8 cm³/mol. The summed E-state index contributed by atoms with van der Waals surface area (Å²) < 4.78 is 1.87. The minimum atomic E-state index is 0.555. The van der Waals surface area contributed by atoms with E-state index in [0.717, 1.165) is 30.3 Å². The molecule has 23 heavy (non-hydrogen) atoms. The number of aromatic nitrogens is 3. The van der Waals surface area contributed by atoms with Crippen molar-refractivity contribution in [2.45, 2.75) is 12.5 Å². The molecule has 1 aromatic carbocycles. The summed E-state index contributed by atoms with van der Waals surface area (Å²) in [6, 6.07) is 13.9. The molecule has 0 spiro atoms. The van der Waals surface area contributed by atoms with Crippen molar-refractivity contribution in [1.82, 2.24) is 19.7 Å². The largest absolute Gasteiger partial charge is 0.298 e. The van der Waals surface area contributed by atoms with Gasteiger partial charge in [-0.1, -0.05) is 23.7 Å². The Balaban J connectivity index is 1.38. The van der Waals surface area contributed by atoms with Gasteiger partial charge < -0.3 is 0 Å². The minimum absolute atomic E-state index is 0.555. The van der Waals surface area contributed by atoms with Gasteiger partial charge >= 0.3 is 0 Å². The summed E-state index contributed by atoms with van der Waals surface area (Å²) >= 11 is 6.04. The Morgan fingerprint density at radius 3 is 2.83 bits per heavy atom. The van der Waals surface area contributed by atoms with Gasteiger partial charge in [0.1, 0.15) is 0 Å². The molecule has 5 heteroatoms. The van der Waals surface area contributed by atoms with E-state index in [1.807, 2.05) is 47.4 Å². The second-order valence-electron chi connectivity index (χ2n) is 5.92. The first-order valence-electron chi connectivity index (χ1n) is 7.71. The van der Waals surface area contributed by atoms with Gasteiger partial charge in [0.25, 0.3) is 0 Å². The molecule has 4 nitrogen and oxygen atoms in total. The Kier molecular flexibility index (Phi) is 3.85. The summed E-state index contributed by atoms with van der Waals surface area (Å²) in [7, 11) is 0. The van der Waals surface area contributed by atoms with Crippen molar-refractivity contribution in [3.8, 4) is 5.69 Å². The maximum absolute atomic E-state index is 6.04. The highest BCUT2D eigenvalue weighted by atomic mass is 35.5. The molecule has 0 bridgehead atoms. The van der Waals surface area contributed by atoms with E-state index in [9.17, 15) is 0 Å². The van der Waals surface area contributed by atoms with E-state index in [4.69, 9.17) is 11.6 Å². The SMILES string of the molecule is Clc1cccc(-n2cc(CN3CC(c4ccccn4)C3)cn2)c1. The second kappa shape index (κ2) is 6.14. The lowest BCUT2D eigenvalue weighted by Gasteiger charge is -2.38. The zero-order valence-electron chi connectivity index (χ0n) is 12.6. The molecule has 4 rings (SSSR count). The molecule has 1 aliphatic rings. The molecule has 0 unspecified atom stereocenters. The Labute approximate surface area is 140 Å². The van der Waals surface area contributed by atoms with E-state index >= 15 is 0 Å². The van der Waals surface area contributed by atoms with Crippen LogP contribution in [0.3, 0.4) is 0 Å². The van der Waals surface area contributed by atoms with E-state index in [1.165, 1.54) is 11.3 Å². The molecule has 1 aliphatic heterocycles. The van der Waals surface area contributed by atoms with Crippen LogP contribution in [0, 0.1) is 0 Å². The Bertz CT molecular complexity index is 794. The number of pyridine rings is 1. The van der Waals surface area contributed by atoms with Crippen LogP contribution in [-0.2, 0) is 6.54 Å². The van der Waals surface area contributed by atoms with Crippen molar-refractivity contribution in [2.24, 2.45) is 0 Å². The van der Waals surface area contributed by atoms with E-state index in [1.54, 1.807) is 0 Å². The molecule has 0 saturated carbocycles. The average molecular weight is 325 g/mol. The number of hydrogen-bond donors (Lipinski definition) is 0. The van der Waals surface area contributed by atoms with Gasteiger partial charge in [0.2, 0.25) is 0 Å². The number of benzene rings is 1. The zero-order chi connectivity index (χ0) is 15.6. The third-order valence-corrected chi connectivity index (χ3v) is 4.41. The Morgan fingerprint density at radius 2 is 2.04 bits per heavy atom. The maximum atomic E-state index is 6.04. The van der Waals surface area contributed by atoms with Gasteiger partial charge in [0.05, 0.1) is 11.9 Å². The fourth-order valence-electron chi connectivity index (χ4n) is 2.96. The van der Waals surface area contributed by atoms with Crippen LogP contribution >= 0.6 is 11.6 Å². The lowest BCUT2D eigenvalue weighted by Crippen LogP contribution is -2.44. The summed E-state index contributed by atoms with van der Waals surface area (Å²) in [6.07, 6.45) is 5.86. The third kappa shape index (κ3) is 3.14. The van der Waals surface area contributed by atoms with Crippen molar-refractivity contribution < 1.29 is 0 Å². The highest BCUT2D eigenvalue weighted by molar-refractivity contribution is 6.30. The monoisotopic (exact) mass is 324 g/mol. The number of rotatable bonds is 4. The second-order valence-corrected chi connectivity index (χ2v) is 6.36. The standard InChI is InChI=1S/C18H17ClN4/c19-16-4-3-5-17(8-16)23-11-14(9-21-23)10-22-12-15(13-22)18-6-1-2-7-20-18/h1-9,11,15H,10,12-13H2. The topological polar surface area (TPSA) is 34.0 Å². The molecule has 0 aliphatic carbocycles. The number of likely N-dealkylation sites (tertiary alicyclic amines) is 1. The van der Waals surface area contributed by atoms with Gasteiger partial charge in [-0.05, 0) is 30.3 Å². The van der Waals surface area contributed by atoms with Crippen LogP contribution in [0.15, 0.2) is 61.1 Å². The van der Waals surface area contributed by atoms with Crippen LogP contribution in [0.25, 0.3) is 5.69 Å². The number of nitrogens with zero attached hydrogens (tertiary/aromatic N) is 4. The summed E-state index contributed by atoms with van der Waals surface area (Å²) in [6.45, 7) is 3.03. The highest BCUT2D eigenvalue weighted by Gasteiger charge is 2.28. The Hall–Kier alpha value is -2.17. The molecule has 3 heterocycles. The van der Waals surface area contributed by atoms with Gasteiger partial charge in [-0.15, -0.1) is 0 Å². The van der Waals surface area contributed by atoms with Crippen LogP contribution in [0.2, 0.25) is 5.02 Å². The van der Waals surface area contributed by atoms with Gasteiger partial charge in [0, 0.05) is 54.2 Å². The summed E-state index contributed by atoms with van der Waals surface area (Å²) in [5.74, 6) is 0.555. The first-order valence-corrected chi connectivity index (χ1v) is 8.08. The fourth-order valence-corrected chi connectivity index (χ4v) is 3.15. The van der Waals surface area contributed by atoms with Gasteiger partial charge in [-0.2, -0.15) is 5.10 Å². The van der Waals surface area contributed by atoms with Gasteiger partial charge in [0.15, 0.2) is 0 Å². The van der Waals surface area contributed by atoms with Gasteiger partial charge in [-0.3, -0.25) is 9.88 Å². The van der Waals surface area contributed by atoms with Crippen LogP contribution in [0.5, 0.6) is 0 Å². The van der Waals surface area contributed by atoms with E-state index in [0.29, 0.717) is 5.92 Å². The normalized spacial score (nSPS) is 15.5. The smallest absolute Gasteiger partial charge is 0.0660 e. The average Bonchev–Trinajstić information content (AvgIpc) is 3.00. The lowest BCUT2D eigenvalue weighted by molar-refractivity contribution is 0.137. The molecule has 2 aromatic heterocycles. The van der Waals surface area contributed by atoms with Crippen molar-refractivity contribution in [1.29, 1.82) is 0 Å². The van der Waals surface area contributed by atoms with E-state index < -0.39 is 0 Å². The van der Waals surface area contributed by atoms with Crippen LogP contribution in [-0.4, -0.2) is 32.8 Å². The van der Waals surface area contributed by atoms with Gasteiger partial charge in [-0.25, -0.2) is 4.68 Å². The quantitative estimate of drug-likeness (QED) is 0.736. The van der Waals surface area contributed by atoms with E-state index in [-0.39, 0.29) is 0 Å². The van der Waals surface area contributed by atoms with Crippen molar-refractivity contribution in [2.75, 3.05) is 13.1 Å². The van der Waals surface area contributed by atoms with E-state index in [2.05, 4.69) is 33.3 Å². The van der Waals surface area contributed by atoms with Crippen LogP contribution in [0.4, 0.5) is 0 Å². The molecule has 1 saturated heterocycles. The fraction of sp³-hybridized carbons (Fsp3) is 0.222. The zero-order valence-corrected chi connectivity index (χ0v) is 13.4. The molecular weight excluding hydrogens is 308 g/mol. The van der Waals surface area contributed by atoms with Crippen molar-refractivity contribution in [3.05, 3.63) is 77.3 Å². The molecule has 3 aromatic rings. The molecule has 0 N–H and O–H groups in total. The first kappa shape index (κ1) is 14.4. The molecular formula is C18H17ClN4. The predicted octanol–water partition coefficient (Wildman–Crippen LogP) is 3.52. The Morgan fingerprint density at radius 1 is 1.13 bits per heavy atom. The summed E-state index contributed by atoms with van der Waals surface area (Å²) in [5.41, 5.74) is 3.39. The first-order chi connectivity index (χ1) is 11.3. The molecule has 1 fully saturated rings. The number of hydrogen-bond acceptors (Lipinski definition) is 3. The summed E-state index contributed by atoms with van der Waals surface area (Å²) in [4.78, 5) is 6.85. The maximum Gasteiger partial charge on any atom is 0.0660 e.